The summed E-state index contributed by atoms with van der Waals surface area (Å²) in [6, 6.07) is 16.5. The number of nitrogens with one attached hydrogen (secondary N) is 2. The second kappa shape index (κ2) is 19.3. The lowest BCUT2D eigenvalue weighted by Gasteiger charge is -2.08. The molecule has 7 N–H and O–H groups in total. The fourth-order valence-corrected chi connectivity index (χ4v) is 3.59. The first-order valence-corrected chi connectivity index (χ1v) is 13.4. The number of carbonyl (C=O) groups is 1. The molecule has 0 bridgehead atoms. The summed E-state index contributed by atoms with van der Waals surface area (Å²) >= 11 is 0. The zero-order chi connectivity index (χ0) is 29.8. The summed E-state index contributed by atoms with van der Waals surface area (Å²) in [4.78, 5) is 8.90. The molecular formula is C29H41F3N4O4. The summed E-state index contributed by atoms with van der Waals surface area (Å²) in [6.07, 6.45) is 5.58. The van der Waals surface area contributed by atoms with Crippen molar-refractivity contribution in [3.63, 3.8) is 0 Å². The molecule has 0 aliphatic carbocycles. The van der Waals surface area contributed by atoms with Crippen molar-refractivity contribution in [3.05, 3.63) is 59.7 Å². The predicted molar refractivity (Wildman–Crippen MR) is 150 cm³/mol. The SMILES string of the molecule is N=C(N)CCCc1ccc(OCCCCCCCOc2ccc(CCCC(=N)N)cc2)cc1.O=C(O)C(F)(F)F. The van der Waals surface area contributed by atoms with E-state index in [1.165, 1.54) is 17.5 Å². The molecule has 0 spiro atoms. The molecule has 2 rings (SSSR count). The molecule has 2 aromatic rings. The number of amidine groups is 2. The molecule has 40 heavy (non-hydrogen) atoms. The molecule has 0 aliphatic heterocycles. The van der Waals surface area contributed by atoms with Crippen molar-refractivity contribution in [2.75, 3.05) is 13.2 Å². The van der Waals surface area contributed by atoms with Gasteiger partial charge in [-0.3, -0.25) is 10.8 Å². The topological polar surface area (TPSA) is 156 Å². The van der Waals surface area contributed by atoms with Crippen molar-refractivity contribution >= 4 is 17.6 Å². The normalized spacial score (nSPS) is 10.8. The Morgan fingerprint density at radius 2 is 1.00 bits per heavy atom. The Morgan fingerprint density at radius 1 is 0.675 bits per heavy atom. The van der Waals surface area contributed by atoms with Crippen LogP contribution in [0.5, 0.6) is 11.5 Å². The van der Waals surface area contributed by atoms with E-state index in [9.17, 15) is 13.2 Å². The lowest BCUT2D eigenvalue weighted by molar-refractivity contribution is -0.192. The molecule has 0 aromatic heterocycles. The van der Waals surface area contributed by atoms with E-state index in [1.807, 2.05) is 24.3 Å². The number of rotatable bonds is 18. The lowest BCUT2D eigenvalue weighted by Crippen LogP contribution is -2.21. The molecule has 0 aliphatic rings. The van der Waals surface area contributed by atoms with Gasteiger partial charge < -0.3 is 26.0 Å². The van der Waals surface area contributed by atoms with Gasteiger partial charge in [0.25, 0.3) is 0 Å². The third-order valence-corrected chi connectivity index (χ3v) is 5.74. The van der Waals surface area contributed by atoms with Crippen LogP contribution >= 0.6 is 0 Å². The minimum atomic E-state index is -5.08. The second-order valence-electron chi connectivity index (χ2n) is 9.31. The zero-order valence-corrected chi connectivity index (χ0v) is 22.8. The van der Waals surface area contributed by atoms with Crippen molar-refractivity contribution in [1.82, 2.24) is 0 Å². The van der Waals surface area contributed by atoms with Crippen LogP contribution in [0.3, 0.4) is 0 Å². The minimum Gasteiger partial charge on any atom is -0.494 e. The minimum absolute atomic E-state index is 0.256. The van der Waals surface area contributed by atoms with Crippen LogP contribution in [0.25, 0.3) is 0 Å². The molecule has 8 nitrogen and oxygen atoms in total. The molecule has 0 atom stereocenters. The summed E-state index contributed by atoms with van der Waals surface area (Å²) < 4.78 is 43.4. The van der Waals surface area contributed by atoms with Gasteiger partial charge in [0.2, 0.25) is 0 Å². The van der Waals surface area contributed by atoms with E-state index in [0.29, 0.717) is 12.8 Å². The molecular weight excluding hydrogens is 525 g/mol. The number of benzene rings is 2. The first kappa shape index (κ1) is 34.3. The second-order valence-corrected chi connectivity index (χ2v) is 9.31. The van der Waals surface area contributed by atoms with Crippen molar-refractivity contribution in [1.29, 1.82) is 10.8 Å². The highest BCUT2D eigenvalue weighted by Gasteiger charge is 2.38. The number of nitrogens with two attached hydrogens (primary N) is 2. The molecule has 222 valence electrons. The van der Waals surface area contributed by atoms with Gasteiger partial charge in [-0.15, -0.1) is 0 Å². The van der Waals surface area contributed by atoms with Crippen LogP contribution < -0.4 is 20.9 Å². The van der Waals surface area contributed by atoms with Gasteiger partial charge in [-0.1, -0.05) is 43.5 Å². The van der Waals surface area contributed by atoms with Crippen LogP contribution in [-0.4, -0.2) is 42.1 Å². The van der Waals surface area contributed by atoms with Gasteiger partial charge in [-0.25, -0.2) is 4.79 Å². The van der Waals surface area contributed by atoms with E-state index in [2.05, 4.69) is 24.3 Å². The van der Waals surface area contributed by atoms with Gasteiger partial charge >= 0.3 is 12.1 Å². The quantitative estimate of drug-likeness (QED) is 0.0816. The third kappa shape index (κ3) is 17.7. The van der Waals surface area contributed by atoms with Gasteiger partial charge in [0.1, 0.15) is 11.5 Å². The van der Waals surface area contributed by atoms with Gasteiger partial charge in [0.15, 0.2) is 0 Å². The highest BCUT2D eigenvalue weighted by atomic mass is 19.4. The molecule has 0 saturated carbocycles. The summed E-state index contributed by atoms with van der Waals surface area (Å²) in [5, 5.41) is 21.7. The lowest BCUT2D eigenvalue weighted by atomic mass is 10.1. The van der Waals surface area contributed by atoms with E-state index >= 15 is 0 Å². The summed E-state index contributed by atoms with van der Waals surface area (Å²) in [5.41, 5.74) is 13.3. The molecule has 0 saturated heterocycles. The molecule has 0 heterocycles. The van der Waals surface area contributed by atoms with Crippen molar-refractivity contribution in [2.45, 2.75) is 76.8 Å². The maximum atomic E-state index is 10.6. The van der Waals surface area contributed by atoms with Gasteiger partial charge in [0.05, 0.1) is 24.9 Å². The van der Waals surface area contributed by atoms with Crippen LogP contribution in [0.15, 0.2) is 48.5 Å². The van der Waals surface area contributed by atoms with E-state index in [-0.39, 0.29) is 11.7 Å². The highest BCUT2D eigenvalue weighted by Crippen LogP contribution is 2.17. The number of unbranched alkanes of at least 4 members (excludes halogenated alkanes) is 4. The number of hydrogen-bond donors (Lipinski definition) is 5. The summed E-state index contributed by atoms with van der Waals surface area (Å²) in [6.45, 7) is 1.50. The first-order chi connectivity index (χ1) is 19.0. The Kier molecular flexibility index (Phi) is 16.6. The molecule has 11 heteroatoms. The van der Waals surface area contributed by atoms with Crippen molar-refractivity contribution in [3.8, 4) is 11.5 Å². The number of carboxylic acids is 1. The highest BCUT2D eigenvalue weighted by molar-refractivity contribution is 5.77. The maximum absolute atomic E-state index is 10.6. The summed E-state index contributed by atoms with van der Waals surface area (Å²) in [7, 11) is 0. The Hall–Kier alpha value is -3.76. The average molecular weight is 567 g/mol. The van der Waals surface area contributed by atoms with Gasteiger partial charge in [-0.2, -0.15) is 13.2 Å². The molecule has 0 radical (unpaired) electrons. The fourth-order valence-electron chi connectivity index (χ4n) is 3.59. The predicted octanol–water partition coefficient (Wildman–Crippen LogP) is 6.25. The molecule has 0 fully saturated rings. The number of alkyl halides is 3. The van der Waals surface area contributed by atoms with E-state index < -0.39 is 12.1 Å². The standard InChI is InChI=1S/C27H40N4O2.C2HF3O2/c28-26(29)10-6-8-22-12-16-24(17-13-22)32-20-4-2-1-3-5-21-33-25-18-14-23(15-19-25)9-7-11-27(30)31;3-2(4,5)1(6)7/h12-19H,1-11,20-21H2,(H3,28,29)(H3,30,31);(H,6,7). The Labute approximate surface area is 233 Å². The number of aryl methyl sites for hydroxylation is 2. The average Bonchev–Trinajstić information content (AvgIpc) is 2.89. The Morgan fingerprint density at radius 3 is 1.30 bits per heavy atom. The number of carboxylic acid groups (broad SMARTS) is 1. The molecule has 0 amide bonds. The number of ether oxygens (including phenoxy) is 2. The zero-order valence-electron chi connectivity index (χ0n) is 22.8. The number of halogens is 3. The summed E-state index contributed by atoms with van der Waals surface area (Å²) in [5.74, 6) is -0.405. The number of hydrogen-bond acceptors (Lipinski definition) is 5. The van der Waals surface area contributed by atoms with Crippen LogP contribution in [-0.2, 0) is 17.6 Å². The fraction of sp³-hybridized carbons (Fsp3) is 0.483. The largest absolute Gasteiger partial charge is 0.494 e. The van der Waals surface area contributed by atoms with E-state index in [0.717, 1.165) is 76.1 Å². The van der Waals surface area contributed by atoms with Crippen LogP contribution in [0.2, 0.25) is 0 Å². The van der Waals surface area contributed by atoms with E-state index in [1.54, 1.807) is 0 Å². The molecule has 0 unspecified atom stereocenters. The third-order valence-electron chi connectivity index (χ3n) is 5.74. The van der Waals surface area contributed by atoms with Crippen LogP contribution in [0, 0.1) is 10.8 Å². The Balaban J connectivity index is 0.00000101. The van der Waals surface area contributed by atoms with Crippen molar-refractivity contribution in [2.24, 2.45) is 11.5 Å². The smallest absolute Gasteiger partial charge is 0.490 e. The van der Waals surface area contributed by atoms with Crippen molar-refractivity contribution < 1.29 is 32.5 Å². The van der Waals surface area contributed by atoms with Gasteiger partial charge in [0, 0.05) is 12.8 Å². The first-order valence-electron chi connectivity index (χ1n) is 13.4. The number of aliphatic carboxylic acids is 1. The maximum Gasteiger partial charge on any atom is 0.490 e. The molecule has 2 aromatic carbocycles. The van der Waals surface area contributed by atoms with Crippen LogP contribution in [0.1, 0.15) is 68.9 Å². The van der Waals surface area contributed by atoms with Gasteiger partial charge in [-0.05, 0) is 73.9 Å². The van der Waals surface area contributed by atoms with Crippen LogP contribution in [0.4, 0.5) is 13.2 Å². The van der Waals surface area contributed by atoms with E-state index in [4.69, 9.17) is 41.7 Å². The Bertz CT molecular complexity index is 944. The monoisotopic (exact) mass is 566 g/mol.